The van der Waals surface area contributed by atoms with Crippen LogP contribution in [0.4, 0.5) is 5.82 Å². The fourth-order valence-corrected chi connectivity index (χ4v) is 2.86. The van der Waals surface area contributed by atoms with Crippen LogP contribution in [-0.4, -0.2) is 68.3 Å². The average Bonchev–Trinajstić information content (AvgIpc) is 3.16. The Bertz CT molecular complexity index is 679. The van der Waals surface area contributed by atoms with Crippen LogP contribution in [0.3, 0.4) is 0 Å². The highest BCUT2D eigenvalue weighted by Gasteiger charge is 2.45. The van der Waals surface area contributed by atoms with E-state index in [0.29, 0.717) is 23.6 Å². The molecule has 9 nitrogen and oxygen atoms in total. The number of fused-ring (bicyclic) bond motifs is 1. The lowest BCUT2D eigenvalue weighted by atomic mass is 10.1. The highest BCUT2D eigenvalue weighted by Crippen LogP contribution is 2.34. The molecule has 132 valence electrons. The van der Waals surface area contributed by atoms with Crippen molar-refractivity contribution in [1.29, 1.82) is 0 Å². The summed E-state index contributed by atoms with van der Waals surface area (Å²) in [6.45, 7) is 2.30. The molecular weight excluding hydrogens is 314 g/mol. The van der Waals surface area contributed by atoms with Crippen LogP contribution >= 0.6 is 0 Å². The largest absolute Gasteiger partial charge is 0.394 e. The van der Waals surface area contributed by atoms with Crippen LogP contribution in [0.1, 0.15) is 26.0 Å². The molecule has 1 saturated heterocycles. The zero-order chi connectivity index (χ0) is 17.1. The van der Waals surface area contributed by atoms with E-state index in [1.165, 1.54) is 6.33 Å². The van der Waals surface area contributed by atoms with E-state index in [2.05, 4.69) is 27.2 Å². The maximum Gasteiger partial charge on any atom is 0.167 e. The molecule has 0 spiro atoms. The number of hydrogen-bond donors (Lipinski definition) is 3. The zero-order valence-electron chi connectivity index (χ0n) is 13.8. The number of imidazole rings is 1. The monoisotopic (exact) mass is 337 g/mol. The highest BCUT2D eigenvalue weighted by atomic mass is 16.6. The molecule has 1 fully saturated rings. The van der Waals surface area contributed by atoms with E-state index in [1.54, 1.807) is 17.9 Å². The second kappa shape index (κ2) is 7.39. The lowest BCUT2D eigenvalue weighted by Gasteiger charge is -2.22. The van der Waals surface area contributed by atoms with Crippen molar-refractivity contribution in [3.05, 3.63) is 12.7 Å². The third kappa shape index (κ3) is 2.95. The van der Waals surface area contributed by atoms with Crippen molar-refractivity contribution in [2.45, 2.75) is 44.3 Å². The van der Waals surface area contributed by atoms with Crippen molar-refractivity contribution in [3.8, 4) is 0 Å². The minimum atomic E-state index is -0.917. The predicted octanol–water partition coefficient (Wildman–Crippen LogP) is 0.304. The van der Waals surface area contributed by atoms with Crippen molar-refractivity contribution in [1.82, 2.24) is 19.5 Å². The summed E-state index contributed by atoms with van der Waals surface area (Å²) in [7, 11) is 1.76. The van der Waals surface area contributed by atoms with Gasteiger partial charge in [-0.25, -0.2) is 15.0 Å². The third-order valence-corrected chi connectivity index (χ3v) is 4.17. The molecule has 0 radical (unpaired) electrons. The molecule has 2 aromatic heterocycles. The third-order valence-electron chi connectivity index (χ3n) is 4.17. The molecule has 2 aromatic rings. The maximum atomic E-state index is 10.4. The van der Waals surface area contributed by atoms with Crippen LogP contribution in [0.15, 0.2) is 12.7 Å². The van der Waals surface area contributed by atoms with Gasteiger partial charge in [0.2, 0.25) is 0 Å². The van der Waals surface area contributed by atoms with Gasteiger partial charge in [0.15, 0.2) is 17.7 Å². The number of aromatic nitrogens is 4. The molecule has 0 aromatic carbocycles. The van der Waals surface area contributed by atoms with E-state index in [-0.39, 0.29) is 6.61 Å². The summed E-state index contributed by atoms with van der Waals surface area (Å²) in [5, 5.41) is 22.8. The summed E-state index contributed by atoms with van der Waals surface area (Å²) in [5.41, 5.74) is 1.19. The molecule has 0 aliphatic carbocycles. The minimum absolute atomic E-state index is 0.283. The fraction of sp³-hybridized carbons (Fsp3) is 0.667. The predicted molar refractivity (Wildman–Crippen MR) is 86.5 cm³/mol. The summed E-state index contributed by atoms with van der Waals surface area (Å²) in [6.07, 6.45) is 2.07. The van der Waals surface area contributed by atoms with Crippen molar-refractivity contribution in [2.75, 3.05) is 25.6 Å². The Morgan fingerprint density at radius 1 is 1.38 bits per heavy atom. The molecule has 0 bridgehead atoms. The first-order valence-corrected chi connectivity index (χ1v) is 8.12. The Labute approximate surface area is 139 Å². The van der Waals surface area contributed by atoms with Crippen molar-refractivity contribution in [2.24, 2.45) is 0 Å². The van der Waals surface area contributed by atoms with Gasteiger partial charge in [-0.1, -0.05) is 13.3 Å². The zero-order valence-corrected chi connectivity index (χ0v) is 13.8. The number of hydrogen-bond acceptors (Lipinski definition) is 8. The van der Waals surface area contributed by atoms with Crippen molar-refractivity contribution in [3.63, 3.8) is 0 Å². The van der Waals surface area contributed by atoms with Gasteiger partial charge in [-0.05, 0) is 6.42 Å². The SMILES string of the molecule is CCCCO[C@@H]1[C@H](O)[C@@H](CO)O[C@H]1n1cnc2c(NC)ncnc21. The summed E-state index contributed by atoms with van der Waals surface area (Å²) in [5.74, 6) is 0.611. The van der Waals surface area contributed by atoms with Crippen LogP contribution in [0.2, 0.25) is 0 Å². The van der Waals surface area contributed by atoms with Gasteiger partial charge < -0.3 is 25.0 Å². The summed E-state index contributed by atoms with van der Waals surface area (Å²) in [6, 6.07) is 0. The lowest BCUT2D eigenvalue weighted by Crippen LogP contribution is -2.35. The smallest absolute Gasteiger partial charge is 0.167 e. The molecule has 1 aliphatic heterocycles. The molecule has 1 aliphatic rings. The number of nitrogens with one attached hydrogen (secondary N) is 1. The van der Waals surface area contributed by atoms with Gasteiger partial charge in [-0.3, -0.25) is 4.57 Å². The first-order valence-electron chi connectivity index (χ1n) is 8.12. The molecular formula is C15H23N5O4. The van der Waals surface area contributed by atoms with Gasteiger partial charge in [0.05, 0.1) is 12.9 Å². The van der Waals surface area contributed by atoms with E-state index in [9.17, 15) is 10.2 Å². The van der Waals surface area contributed by atoms with E-state index < -0.39 is 24.5 Å². The molecule has 0 saturated carbocycles. The molecule has 3 heterocycles. The summed E-state index contributed by atoms with van der Waals surface area (Å²) >= 11 is 0. The van der Waals surface area contributed by atoms with Gasteiger partial charge in [0, 0.05) is 13.7 Å². The number of aliphatic hydroxyl groups is 2. The van der Waals surface area contributed by atoms with Gasteiger partial charge in [-0.15, -0.1) is 0 Å². The Morgan fingerprint density at radius 2 is 2.21 bits per heavy atom. The standard InChI is InChI=1S/C15H23N5O4/c1-3-4-5-23-12-11(22)9(6-21)24-15(12)20-8-19-10-13(16-2)17-7-18-14(10)20/h7-9,11-12,15,21-22H,3-6H2,1-2H3,(H,16,17,18)/t9-,11-,12-,15-/m1/s1. The van der Waals surface area contributed by atoms with Gasteiger partial charge in [-0.2, -0.15) is 0 Å². The van der Waals surface area contributed by atoms with E-state index in [0.717, 1.165) is 12.8 Å². The van der Waals surface area contributed by atoms with E-state index >= 15 is 0 Å². The first kappa shape index (κ1) is 17.0. The Hall–Kier alpha value is -1.81. The van der Waals surface area contributed by atoms with Crippen LogP contribution in [0, 0.1) is 0 Å². The molecule has 0 unspecified atom stereocenters. The second-order valence-electron chi connectivity index (χ2n) is 5.72. The molecule has 4 atom stereocenters. The lowest BCUT2D eigenvalue weighted by molar-refractivity contribution is -0.0709. The average molecular weight is 337 g/mol. The van der Waals surface area contributed by atoms with Crippen LogP contribution in [0.5, 0.6) is 0 Å². The topological polar surface area (TPSA) is 115 Å². The van der Waals surface area contributed by atoms with Crippen molar-refractivity contribution < 1.29 is 19.7 Å². The number of unbranched alkanes of at least 4 members (excludes halogenated alkanes) is 1. The van der Waals surface area contributed by atoms with Crippen molar-refractivity contribution >= 4 is 17.0 Å². The summed E-state index contributed by atoms with van der Waals surface area (Å²) < 4.78 is 13.4. The number of aliphatic hydroxyl groups excluding tert-OH is 2. The number of nitrogens with zero attached hydrogens (tertiary/aromatic N) is 4. The molecule has 0 amide bonds. The molecule has 3 N–H and O–H groups in total. The Morgan fingerprint density at radius 3 is 2.92 bits per heavy atom. The number of ether oxygens (including phenoxy) is 2. The number of anilines is 1. The van der Waals surface area contributed by atoms with Crippen LogP contribution < -0.4 is 5.32 Å². The Balaban J connectivity index is 1.93. The highest BCUT2D eigenvalue weighted by molar-refractivity contribution is 5.82. The Kier molecular flexibility index (Phi) is 5.24. The molecule has 24 heavy (non-hydrogen) atoms. The summed E-state index contributed by atoms with van der Waals surface area (Å²) in [4.78, 5) is 12.7. The first-order chi connectivity index (χ1) is 11.7. The fourth-order valence-electron chi connectivity index (χ4n) is 2.86. The van der Waals surface area contributed by atoms with Crippen LogP contribution in [-0.2, 0) is 9.47 Å². The van der Waals surface area contributed by atoms with Gasteiger partial charge in [0.1, 0.15) is 30.2 Å². The quantitative estimate of drug-likeness (QED) is 0.618. The van der Waals surface area contributed by atoms with Gasteiger partial charge in [0.25, 0.3) is 0 Å². The number of rotatable bonds is 7. The minimum Gasteiger partial charge on any atom is -0.394 e. The maximum absolute atomic E-state index is 10.4. The van der Waals surface area contributed by atoms with Crippen LogP contribution in [0.25, 0.3) is 11.2 Å². The van der Waals surface area contributed by atoms with E-state index in [4.69, 9.17) is 9.47 Å². The molecule has 3 rings (SSSR count). The molecule has 9 heteroatoms. The normalized spacial score (nSPS) is 27.0. The van der Waals surface area contributed by atoms with E-state index in [1.807, 2.05) is 0 Å². The second-order valence-corrected chi connectivity index (χ2v) is 5.72. The van der Waals surface area contributed by atoms with Gasteiger partial charge >= 0.3 is 0 Å².